The van der Waals surface area contributed by atoms with Gasteiger partial charge in [0.2, 0.25) is 11.8 Å². The molecule has 0 aliphatic carbocycles. The van der Waals surface area contributed by atoms with Crippen LogP contribution in [0.5, 0.6) is 0 Å². The van der Waals surface area contributed by atoms with Crippen LogP contribution in [0.4, 0.5) is 30.7 Å². The standard InChI is InChI=1S/C30H32F7N3O3/c1-17-12-23(31)4-5-24(17)25-16-40(28(43)19-6-9-39(10-7-19)18(2)41)11-8-26(25)38(3)27(42)20-13-21(29(32,33)34)15-22(14-20)30(35,36)37/h4-5,12-15,19,25-26H,6-11,16H2,1-3H3. The maximum atomic E-state index is 14.0. The summed E-state index contributed by atoms with van der Waals surface area (Å²) in [5, 5.41) is 0. The highest BCUT2D eigenvalue weighted by atomic mass is 19.4. The summed E-state index contributed by atoms with van der Waals surface area (Å²) in [5.74, 6) is -2.68. The number of amides is 3. The first kappa shape index (κ1) is 32.3. The number of nitrogens with zero attached hydrogens (tertiary/aromatic N) is 3. The average molecular weight is 616 g/mol. The first-order valence-electron chi connectivity index (χ1n) is 13.8. The Morgan fingerprint density at radius 2 is 1.40 bits per heavy atom. The molecule has 0 spiro atoms. The predicted molar refractivity (Wildman–Crippen MR) is 142 cm³/mol. The van der Waals surface area contributed by atoms with E-state index in [-0.39, 0.29) is 43.3 Å². The summed E-state index contributed by atoms with van der Waals surface area (Å²) >= 11 is 0. The van der Waals surface area contributed by atoms with Crippen molar-refractivity contribution >= 4 is 17.7 Å². The summed E-state index contributed by atoms with van der Waals surface area (Å²) in [7, 11) is 1.31. The molecule has 0 aromatic heterocycles. The Morgan fingerprint density at radius 1 is 0.837 bits per heavy atom. The lowest BCUT2D eigenvalue weighted by Gasteiger charge is -2.44. The van der Waals surface area contributed by atoms with Gasteiger partial charge in [0.05, 0.1) is 11.1 Å². The molecule has 13 heteroatoms. The van der Waals surface area contributed by atoms with Crippen molar-refractivity contribution in [3.8, 4) is 0 Å². The van der Waals surface area contributed by atoms with Gasteiger partial charge in [0.15, 0.2) is 0 Å². The quantitative estimate of drug-likeness (QED) is 0.404. The molecule has 2 heterocycles. The van der Waals surface area contributed by atoms with Crippen LogP contribution in [0.3, 0.4) is 0 Å². The highest BCUT2D eigenvalue weighted by Crippen LogP contribution is 2.38. The second kappa shape index (κ2) is 12.2. The van der Waals surface area contributed by atoms with Crippen LogP contribution < -0.4 is 0 Å². The molecule has 43 heavy (non-hydrogen) atoms. The molecule has 0 bridgehead atoms. The highest BCUT2D eigenvalue weighted by molar-refractivity contribution is 5.95. The van der Waals surface area contributed by atoms with Crippen LogP contribution in [0.25, 0.3) is 0 Å². The van der Waals surface area contributed by atoms with Gasteiger partial charge in [-0.25, -0.2) is 4.39 Å². The fraction of sp³-hybridized carbons (Fsp3) is 0.500. The van der Waals surface area contributed by atoms with Gasteiger partial charge in [-0.05, 0) is 67.6 Å². The van der Waals surface area contributed by atoms with E-state index < -0.39 is 52.7 Å². The van der Waals surface area contributed by atoms with E-state index >= 15 is 0 Å². The van der Waals surface area contributed by atoms with Gasteiger partial charge in [-0.3, -0.25) is 14.4 Å². The molecule has 2 atom stereocenters. The smallest absolute Gasteiger partial charge is 0.343 e. The van der Waals surface area contributed by atoms with E-state index in [9.17, 15) is 45.1 Å². The molecule has 2 aliphatic rings. The molecule has 2 saturated heterocycles. The zero-order valence-corrected chi connectivity index (χ0v) is 23.9. The van der Waals surface area contributed by atoms with Crippen molar-refractivity contribution in [2.24, 2.45) is 5.92 Å². The van der Waals surface area contributed by atoms with E-state index in [2.05, 4.69) is 0 Å². The third kappa shape index (κ3) is 7.13. The van der Waals surface area contributed by atoms with Crippen LogP contribution in [-0.4, -0.2) is 71.7 Å². The second-order valence-corrected chi connectivity index (χ2v) is 11.2. The van der Waals surface area contributed by atoms with Crippen molar-refractivity contribution in [2.45, 2.75) is 57.4 Å². The first-order chi connectivity index (χ1) is 20.0. The van der Waals surface area contributed by atoms with Crippen LogP contribution in [0.2, 0.25) is 0 Å². The number of carbonyl (C=O) groups is 3. The Balaban J connectivity index is 1.64. The number of hydrogen-bond acceptors (Lipinski definition) is 3. The Kier molecular flexibility index (Phi) is 9.13. The average Bonchev–Trinajstić information content (AvgIpc) is 2.94. The van der Waals surface area contributed by atoms with E-state index in [1.165, 1.54) is 32.2 Å². The number of likely N-dealkylation sites (N-methyl/N-ethyl adjacent to an activating group) is 1. The molecule has 234 valence electrons. The highest BCUT2D eigenvalue weighted by Gasteiger charge is 2.41. The van der Waals surface area contributed by atoms with E-state index in [4.69, 9.17) is 0 Å². The van der Waals surface area contributed by atoms with Gasteiger partial charge in [0, 0.05) is 63.6 Å². The zero-order valence-electron chi connectivity index (χ0n) is 23.9. The van der Waals surface area contributed by atoms with Crippen molar-refractivity contribution in [3.05, 3.63) is 70.0 Å². The van der Waals surface area contributed by atoms with Crippen molar-refractivity contribution in [1.82, 2.24) is 14.7 Å². The Labute approximate surface area is 244 Å². The fourth-order valence-corrected chi connectivity index (χ4v) is 6.10. The summed E-state index contributed by atoms with van der Waals surface area (Å²) in [6.07, 6.45) is -9.08. The minimum Gasteiger partial charge on any atom is -0.343 e. The van der Waals surface area contributed by atoms with E-state index in [1.54, 1.807) is 16.7 Å². The lowest BCUT2D eigenvalue weighted by molar-refractivity contribution is -0.143. The van der Waals surface area contributed by atoms with Gasteiger partial charge in [-0.15, -0.1) is 0 Å². The normalized spacial score (nSPS) is 20.2. The van der Waals surface area contributed by atoms with Gasteiger partial charge in [-0.2, -0.15) is 26.3 Å². The summed E-state index contributed by atoms with van der Waals surface area (Å²) in [6, 6.07) is 4.08. The molecule has 2 aliphatic heterocycles. The number of rotatable bonds is 4. The molecule has 3 amide bonds. The van der Waals surface area contributed by atoms with Gasteiger partial charge in [-0.1, -0.05) is 6.07 Å². The predicted octanol–water partition coefficient (Wildman–Crippen LogP) is 5.89. The molecule has 0 radical (unpaired) electrons. The number of benzene rings is 2. The minimum absolute atomic E-state index is 0.0353. The number of halogens is 7. The Hall–Kier alpha value is -3.64. The molecule has 4 rings (SSSR count). The minimum atomic E-state index is -5.12. The van der Waals surface area contributed by atoms with Crippen LogP contribution in [-0.2, 0) is 21.9 Å². The van der Waals surface area contributed by atoms with Gasteiger partial charge in [0.1, 0.15) is 5.82 Å². The summed E-state index contributed by atoms with van der Waals surface area (Å²) < 4.78 is 94.8. The third-order valence-electron chi connectivity index (χ3n) is 8.46. The maximum Gasteiger partial charge on any atom is 0.416 e. The summed E-state index contributed by atoms with van der Waals surface area (Å²) in [6.45, 7) is 4.30. The number of aryl methyl sites for hydroxylation is 1. The molecule has 0 saturated carbocycles. The lowest BCUT2D eigenvalue weighted by atomic mass is 9.82. The van der Waals surface area contributed by atoms with Crippen molar-refractivity contribution in [2.75, 3.05) is 33.2 Å². The van der Waals surface area contributed by atoms with Gasteiger partial charge in [0.25, 0.3) is 5.91 Å². The molecule has 2 unspecified atom stereocenters. The van der Waals surface area contributed by atoms with Gasteiger partial charge < -0.3 is 14.7 Å². The van der Waals surface area contributed by atoms with Crippen molar-refractivity contribution < 1.29 is 45.1 Å². The van der Waals surface area contributed by atoms with Crippen LogP contribution in [0.15, 0.2) is 36.4 Å². The monoisotopic (exact) mass is 615 g/mol. The van der Waals surface area contributed by atoms with Crippen molar-refractivity contribution in [3.63, 3.8) is 0 Å². The molecular weight excluding hydrogens is 583 g/mol. The SMILES string of the molecule is CC(=O)N1CCC(C(=O)N2CCC(N(C)C(=O)c3cc(C(F)(F)F)cc(C(F)(F)F)c3)C(c3ccc(F)cc3C)C2)CC1. The Morgan fingerprint density at radius 3 is 1.91 bits per heavy atom. The third-order valence-corrected chi connectivity index (χ3v) is 8.46. The van der Waals surface area contributed by atoms with Gasteiger partial charge >= 0.3 is 12.4 Å². The zero-order chi connectivity index (χ0) is 31.9. The van der Waals surface area contributed by atoms with E-state index in [1.807, 2.05) is 0 Å². The second-order valence-electron chi connectivity index (χ2n) is 11.2. The number of piperidine rings is 2. The topological polar surface area (TPSA) is 60.9 Å². The van der Waals surface area contributed by atoms with E-state index in [0.717, 1.165) is 4.90 Å². The lowest BCUT2D eigenvalue weighted by Crippen LogP contribution is -2.53. The molecule has 2 fully saturated rings. The molecule has 2 aromatic carbocycles. The van der Waals surface area contributed by atoms with Crippen molar-refractivity contribution in [1.29, 1.82) is 0 Å². The summed E-state index contributed by atoms with van der Waals surface area (Å²) in [5.41, 5.74) is -2.83. The molecular formula is C30H32F7N3O3. The molecule has 6 nitrogen and oxygen atoms in total. The molecule has 0 N–H and O–H groups in total. The fourth-order valence-electron chi connectivity index (χ4n) is 6.10. The van der Waals surface area contributed by atoms with Crippen LogP contribution in [0.1, 0.15) is 64.7 Å². The summed E-state index contributed by atoms with van der Waals surface area (Å²) in [4.78, 5) is 43.1. The Bertz CT molecular complexity index is 1350. The largest absolute Gasteiger partial charge is 0.416 e. The number of alkyl halides is 6. The number of hydrogen-bond donors (Lipinski definition) is 0. The molecule has 2 aromatic rings. The number of likely N-dealkylation sites (tertiary alicyclic amines) is 2. The number of carbonyl (C=O) groups excluding carboxylic acids is 3. The van der Waals surface area contributed by atoms with Crippen LogP contribution in [0, 0.1) is 18.7 Å². The first-order valence-corrected chi connectivity index (χ1v) is 13.8. The van der Waals surface area contributed by atoms with E-state index in [0.29, 0.717) is 49.2 Å². The maximum absolute atomic E-state index is 14.0. The van der Waals surface area contributed by atoms with Crippen LogP contribution >= 0.6 is 0 Å².